The quantitative estimate of drug-likeness (QED) is 0.162. The van der Waals surface area contributed by atoms with E-state index in [1.165, 1.54) is 11.3 Å². The van der Waals surface area contributed by atoms with Gasteiger partial charge in [0.15, 0.2) is 0 Å². The van der Waals surface area contributed by atoms with Gasteiger partial charge in [-0.15, -0.1) is 11.3 Å². The molecule has 8 rings (SSSR count). The fourth-order valence-electron chi connectivity index (χ4n) is 5.72. The molecule has 0 bridgehead atoms. The summed E-state index contributed by atoms with van der Waals surface area (Å²) in [5, 5.41) is 16.0. The molecular weight excluding hydrogens is 528 g/mol. The van der Waals surface area contributed by atoms with Gasteiger partial charge in [-0.25, -0.2) is 9.97 Å². The minimum atomic E-state index is -0.271. The summed E-state index contributed by atoms with van der Waals surface area (Å²) in [6, 6.07) is 39.9. The number of aromatic nitrogens is 3. The Hall–Kier alpha value is -5.40. The summed E-state index contributed by atoms with van der Waals surface area (Å²) in [4.78, 5) is 22.8. The Kier molecular flexibility index (Phi) is 5.20. The zero-order chi connectivity index (χ0) is 27.5. The SMILES string of the molecule is O=[N+]([O-])c1c(-c2ccc3c4ccccc4n(-c4nc(-c5ccccc5)c5ccccc5n4)c3c2)sc2ccccc12. The van der Waals surface area contributed by atoms with Gasteiger partial charge < -0.3 is 0 Å². The third-order valence-corrected chi connectivity index (χ3v) is 8.74. The lowest BCUT2D eigenvalue weighted by Gasteiger charge is -2.12. The summed E-state index contributed by atoms with van der Waals surface area (Å²) in [7, 11) is 0. The van der Waals surface area contributed by atoms with Crippen LogP contribution in [0.2, 0.25) is 0 Å². The number of para-hydroxylation sites is 2. The lowest BCUT2D eigenvalue weighted by Crippen LogP contribution is -2.03. The highest BCUT2D eigenvalue weighted by molar-refractivity contribution is 7.23. The summed E-state index contributed by atoms with van der Waals surface area (Å²) in [6.45, 7) is 0. The van der Waals surface area contributed by atoms with Gasteiger partial charge in [-0.3, -0.25) is 14.7 Å². The highest BCUT2D eigenvalue weighted by atomic mass is 32.1. The average molecular weight is 549 g/mol. The first-order valence-electron chi connectivity index (χ1n) is 13.2. The van der Waals surface area contributed by atoms with Crippen LogP contribution < -0.4 is 0 Å². The minimum absolute atomic E-state index is 0.140. The van der Waals surface area contributed by atoms with E-state index in [0.29, 0.717) is 16.2 Å². The van der Waals surface area contributed by atoms with Crippen LogP contribution >= 0.6 is 11.3 Å². The van der Waals surface area contributed by atoms with E-state index in [1.807, 2.05) is 91.0 Å². The Morgan fingerprint density at radius 2 is 1.32 bits per heavy atom. The Bertz CT molecular complexity index is 2300. The largest absolute Gasteiger partial charge is 0.295 e. The van der Waals surface area contributed by atoms with E-state index >= 15 is 0 Å². The second-order valence-corrected chi connectivity index (χ2v) is 10.9. The molecule has 3 aromatic heterocycles. The zero-order valence-corrected chi connectivity index (χ0v) is 22.4. The van der Waals surface area contributed by atoms with Gasteiger partial charge in [0.1, 0.15) is 4.88 Å². The molecule has 0 amide bonds. The van der Waals surface area contributed by atoms with Crippen molar-refractivity contribution in [3.63, 3.8) is 0 Å². The number of hydrogen-bond acceptors (Lipinski definition) is 5. The van der Waals surface area contributed by atoms with Gasteiger partial charge in [-0.05, 0) is 30.3 Å². The van der Waals surface area contributed by atoms with Crippen molar-refractivity contribution in [2.24, 2.45) is 0 Å². The number of hydrogen-bond donors (Lipinski definition) is 0. The van der Waals surface area contributed by atoms with E-state index in [4.69, 9.17) is 9.97 Å². The molecule has 194 valence electrons. The van der Waals surface area contributed by atoms with Crippen molar-refractivity contribution in [2.45, 2.75) is 0 Å². The molecule has 8 aromatic rings. The molecule has 0 N–H and O–H groups in total. The first-order valence-corrected chi connectivity index (χ1v) is 14.0. The molecule has 0 saturated heterocycles. The Labute approximate surface area is 237 Å². The van der Waals surface area contributed by atoms with Crippen LogP contribution in [0.1, 0.15) is 0 Å². The Balaban J connectivity index is 1.45. The van der Waals surface area contributed by atoms with Crippen molar-refractivity contribution in [1.82, 2.24) is 14.5 Å². The van der Waals surface area contributed by atoms with Crippen LogP contribution in [-0.4, -0.2) is 19.5 Å². The van der Waals surface area contributed by atoms with E-state index in [2.05, 4.69) is 34.9 Å². The summed E-state index contributed by atoms with van der Waals surface area (Å²) >= 11 is 1.44. The standard InChI is InChI=1S/C34H20N4O2S/c39-38(40)32-26-14-6-9-17-30(26)41-33(32)22-18-19-24-23-12-5-8-16-28(23)37(29(24)20-22)34-35-27-15-7-4-13-25(27)31(36-34)21-10-2-1-3-11-21/h1-20H. The Morgan fingerprint density at radius 3 is 2.15 bits per heavy atom. The van der Waals surface area contributed by atoms with Crippen LogP contribution in [-0.2, 0) is 0 Å². The number of thiophene rings is 1. The molecule has 0 atom stereocenters. The maximum Gasteiger partial charge on any atom is 0.295 e. The maximum absolute atomic E-state index is 12.2. The monoisotopic (exact) mass is 548 g/mol. The normalized spacial score (nSPS) is 11.6. The number of nitro groups is 1. The van der Waals surface area contributed by atoms with Crippen LogP contribution in [0.15, 0.2) is 121 Å². The van der Waals surface area contributed by atoms with Gasteiger partial charge in [0.05, 0.1) is 32.6 Å². The first kappa shape index (κ1) is 23.5. The molecule has 7 heteroatoms. The first-order chi connectivity index (χ1) is 20.2. The second-order valence-electron chi connectivity index (χ2n) is 9.87. The zero-order valence-electron chi connectivity index (χ0n) is 21.6. The molecule has 41 heavy (non-hydrogen) atoms. The molecule has 0 saturated carbocycles. The molecule has 0 aliphatic carbocycles. The van der Waals surface area contributed by atoms with Gasteiger partial charge >= 0.3 is 0 Å². The number of fused-ring (bicyclic) bond motifs is 5. The van der Waals surface area contributed by atoms with Gasteiger partial charge in [-0.2, -0.15) is 0 Å². The fourth-order valence-corrected chi connectivity index (χ4v) is 6.88. The molecule has 0 spiro atoms. The van der Waals surface area contributed by atoms with Crippen molar-refractivity contribution in [1.29, 1.82) is 0 Å². The summed E-state index contributed by atoms with van der Waals surface area (Å²) in [5.74, 6) is 0.553. The molecule has 0 aliphatic heterocycles. The lowest BCUT2D eigenvalue weighted by molar-refractivity contribution is -0.382. The van der Waals surface area contributed by atoms with Crippen LogP contribution in [0.5, 0.6) is 0 Å². The van der Waals surface area contributed by atoms with Crippen molar-refractivity contribution >= 4 is 59.8 Å². The maximum atomic E-state index is 12.2. The van der Waals surface area contributed by atoms with Crippen molar-refractivity contribution in [3.05, 3.63) is 131 Å². The number of rotatable bonds is 4. The molecule has 6 nitrogen and oxygen atoms in total. The average Bonchev–Trinajstić information content (AvgIpc) is 3.57. The predicted octanol–water partition coefficient (Wildman–Crippen LogP) is 9.18. The third-order valence-electron chi connectivity index (χ3n) is 7.53. The number of nitrogens with zero attached hydrogens (tertiary/aromatic N) is 4. The van der Waals surface area contributed by atoms with Crippen LogP contribution in [0.3, 0.4) is 0 Å². The van der Waals surface area contributed by atoms with Crippen molar-refractivity contribution in [3.8, 4) is 27.6 Å². The van der Waals surface area contributed by atoms with Gasteiger partial charge in [0.25, 0.3) is 5.69 Å². The molecule has 3 heterocycles. The van der Waals surface area contributed by atoms with Gasteiger partial charge in [0.2, 0.25) is 5.95 Å². The predicted molar refractivity (Wildman–Crippen MR) is 167 cm³/mol. The molecule has 0 fully saturated rings. The summed E-state index contributed by atoms with van der Waals surface area (Å²) < 4.78 is 2.96. The van der Waals surface area contributed by atoms with Crippen molar-refractivity contribution in [2.75, 3.05) is 0 Å². The fraction of sp³-hybridized carbons (Fsp3) is 0. The summed E-state index contributed by atoms with van der Waals surface area (Å²) in [6.07, 6.45) is 0. The van der Waals surface area contributed by atoms with E-state index in [-0.39, 0.29) is 10.6 Å². The van der Waals surface area contributed by atoms with Crippen LogP contribution in [0.4, 0.5) is 5.69 Å². The molecule has 0 aliphatic rings. The topological polar surface area (TPSA) is 73.8 Å². The molecule has 0 radical (unpaired) electrons. The van der Waals surface area contributed by atoms with Gasteiger partial charge in [-0.1, -0.05) is 91.0 Å². The lowest BCUT2D eigenvalue weighted by atomic mass is 10.1. The van der Waals surface area contributed by atoms with Crippen LogP contribution in [0, 0.1) is 10.1 Å². The van der Waals surface area contributed by atoms with E-state index < -0.39 is 0 Å². The Morgan fingerprint density at radius 1 is 0.634 bits per heavy atom. The third kappa shape index (κ3) is 3.63. The molecule has 5 aromatic carbocycles. The van der Waals surface area contributed by atoms with Gasteiger partial charge in [0, 0.05) is 32.0 Å². The molecular formula is C34H20N4O2S. The highest BCUT2D eigenvalue weighted by Gasteiger charge is 2.25. The highest BCUT2D eigenvalue weighted by Crippen LogP contribution is 2.45. The van der Waals surface area contributed by atoms with E-state index in [0.717, 1.165) is 54.2 Å². The number of benzene rings is 5. The van der Waals surface area contributed by atoms with Crippen molar-refractivity contribution < 1.29 is 4.92 Å². The second kappa shape index (κ2) is 9.08. The van der Waals surface area contributed by atoms with E-state index in [1.54, 1.807) is 0 Å². The van der Waals surface area contributed by atoms with E-state index in [9.17, 15) is 10.1 Å². The molecule has 0 unspecified atom stereocenters. The smallest absolute Gasteiger partial charge is 0.278 e. The summed E-state index contributed by atoms with van der Waals surface area (Å²) in [5.41, 5.74) is 5.51. The minimum Gasteiger partial charge on any atom is -0.278 e. The van der Waals surface area contributed by atoms with Crippen LogP contribution in [0.25, 0.3) is 70.4 Å².